The maximum absolute atomic E-state index is 13.2. The number of carbonyl (C=O) groups excluding carboxylic acids is 1. The summed E-state index contributed by atoms with van der Waals surface area (Å²) in [6, 6.07) is 4.55. The van der Waals surface area contributed by atoms with Crippen LogP contribution in [0.2, 0.25) is 0 Å². The van der Waals surface area contributed by atoms with Crippen molar-refractivity contribution in [1.82, 2.24) is 14.7 Å². The Labute approximate surface area is 117 Å². The maximum Gasteiger partial charge on any atom is 0.434 e. The molecule has 2 aromatic rings. The van der Waals surface area contributed by atoms with E-state index in [0.29, 0.717) is 4.68 Å². The number of nitrogens with zero attached hydrogens (tertiary/aromatic N) is 3. The van der Waals surface area contributed by atoms with Crippen LogP contribution < -0.4 is 0 Å². The first-order chi connectivity index (χ1) is 9.71. The van der Waals surface area contributed by atoms with Gasteiger partial charge < -0.3 is 4.90 Å². The van der Waals surface area contributed by atoms with Crippen LogP contribution in [0.15, 0.2) is 30.5 Å². The molecular formula is C13H11F4N3O. The van der Waals surface area contributed by atoms with E-state index in [9.17, 15) is 22.4 Å². The molecule has 1 aromatic heterocycles. The molecule has 2 rings (SSSR count). The Morgan fingerprint density at radius 2 is 1.95 bits per heavy atom. The Kier molecular flexibility index (Phi) is 3.71. The van der Waals surface area contributed by atoms with Gasteiger partial charge in [-0.1, -0.05) is 6.07 Å². The second-order valence-corrected chi connectivity index (χ2v) is 4.50. The zero-order valence-electron chi connectivity index (χ0n) is 11.1. The van der Waals surface area contributed by atoms with Crippen LogP contribution in [-0.4, -0.2) is 34.7 Å². The lowest BCUT2D eigenvalue weighted by Gasteiger charge is -2.14. The van der Waals surface area contributed by atoms with Gasteiger partial charge in [-0.3, -0.25) is 4.79 Å². The third kappa shape index (κ3) is 2.88. The fraction of sp³-hybridized carbons (Fsp3) is 0.231. The number of amides is 1. The van der Waals surface area contributed by atoms with Gasteiger partial charge in [0.05, 0.1) is 17.4 Å². The molecule has 1 heterocycles. The first-order valence-electron chi connectivity index (χ1n) is 5.84. The summed E-state index contributed by atoms with van der Waals surface area (Å²) in [4.78, 5) is 12.8. The van der Waals surface area contributed by atoms with E-state index >= 15 is 0 Å². The zero-order valence-corrected chi connectivity index (χ0v) is 11.1. The molecule has 0 aliphatic heterocycles. The van der Waals surface area contributed by atoms with Crippen LogP contribution in [0.3, 0.4) is 0 Å². The van der Waals surface area contributed by atoms with E-state index in [-0.39, 0.29) is 5.69 Å². The fourth-order valence-electron chi connectivity index (χ4n) is 1.82. The zero-order chi connectivity index (χ0) is 15.8. The van der Waals surface area contributed by atoms with E-state index in [1.54, 1.807) is 0 Å². The standard InChI is InChI=1S/C13H11F4N3O/c1-19(2)12(21)10-7-18-20(11(10)13(15,16)17)9-5-3-4-8(14)6-9/h3-7H,1-2H3. The van der Waals surface area contributed by atoms with Crippen LogP contribution >= 0.6 is 0 Å². The number of hydrogen-bond donors (Lipinski definition) is 0. The van der Waals surface area contributed by atoms with E-state index in [0.717, 1.165) is 23.2 Å². The molecule has 0 fully saturated rings. The Morgan fingerprint density at radius 1 is 1.29 bits per heavy atom. The monoisotopic (exact) mass is 301 g/mol. The summed E-state index contributed by atoms with van der Waals surface area (Å²) in [6.45, 7) is 0. The van der Waals surface area contributed by atoms with E-state index in [2.05, 4.69) is 5.10 Å². The summed E-state index contributed by atoms with van der Waals surface area (Å²) in [5.74, 6) is -1.53. The van der Waals surface area contributed by atoms with Crippen molar-refractivity contribution in [1.29, 1.82) is 0 Å². The minimum Gasteiger partial charge on any atom is -0.345 e. The predicted molar refractivity (Wildman–Crippen MR) is 66.5 cm³/mol. The number of halogens is 4. The van der Waals surface area contributed by atoms with Gasteiger partial charge in [0.1, 0.15) is 5.82 Å². The van der Waals surface area contributed by atoms with Gasteiger partial charge in [0.15, 0.2) is 5.69 Å². The summed E-state index contributed by atoms with van der Waals surface area (Å²) in [6.07, 6.45) is -3.97. The number of carbonyl (C=O) groups is 1. The topological polar surface area (TPSA) is 38.1 Å². The Balaban J connectivity index is 2.66. The number of benzene rings is 1. The maximum atomic E-state index is 13.2. The molecule has 0 N–H and O–H groups in total. The molecule has 0 saturated carbocycles. The molecule has 0 bridgehead atoms. The van der Waals surface area contributed by atoms with E-state index < -0.39 is 29.2 Å². The summed E-state index contributed by atoms with van der Waals surface area (Å²) in [7, 11) is 2.67. The van der Waals surface area contributed by atoms with Gasteiger partial charge in [-0.2, -0.15) is 18.3 Å². The first kappa shape index (κ1) is 15.0. The molecule has 0 aliphatic rings. The van der Waals surface area contributed by atoms with Gasteiger partial charge >= 0.3 is 6.18 Å². The van der Waals surface area contributed by atoms with Crippen LogP contribution in [0.25, 0.3) is 5.69 Å². The van der Waals surface area contributed by atoms with Crippen LogP contribution in [0, 0.1) is 5.82 Å². The van der Waals surface area contributed by atoms with Crippen molar-refractivity contribution in [3.63, 3.8) is 0 Å². The largest absolute Gasteiger partial charge is 0.434 e. The van der Waals surface area contributed by atoms with Crippen molar-refractivity contribution in [3.8, 4) is 5.69 Å². The second kappa shape index (κ2) is 5.19. The molecule has 0 spiro atoms. The van der Waals surface area contributed by atoms with Crippen LogP contribution in [0.1, 0.15) is 16.1 Å². The molecule has 112 valence electrons. The number of rotatable bonds is 2. The van der Waals surface area contributed by atoms with Crippen LogP contribution in [0.5, 0.6) is 0 Å². The Hall–Kier alpha value is -2.38. The summed E-state index contributed by atoms with van der Waals surface area (Å²) >= 11 is 0. The van der Waals surface area contributed by atoms with E-state index in [1.165, 1.54) is 26.2 Å². The Bertz CT molecular complexity index is 676. The highest BCUT2D eigenvalue weighted by Crippen LogP contribution is 2.34. The molecule has 8 heteroatoms. The molecule has 21 heavy (non-hydrogen) atoms. The van der Waals surface area contributed by atoms with Gasteiger partial charge in [-0.25, -0.2) is 9.07 Å². The minimum atomic E-state index is -4.80. The first-order valence-corrected chi connectivity index (χ1v) is 5.84. The van der Waals surface area contributed by atoms with E-state index in [4.69, 9.17) is 0 Å². The van der Waals surface area contributed by atoms with Crippen molar-refractivity contribution in [2.24, 2.45) is 0 Å². The molecule has 1 amide bonds. The van der Waals surface area contributed by atoms with Gasteiger partial charge in [0.25, 0.3) is 5.91 Å². The third-order valence-electron chi connectivity index (χ3n) is 2.73. The lowest BCUT2D eigenvalue weighted by atomic mass is 10.2. The lowest BCUT2D eigenvalue weighted by Crippen LogP contribution is -2.25. The molecule has 0 saturated heterocycles. The molecule has 0 atom stereocenters. The van der Waals surface area contributed by atoms with Crippen molar-refractivity contribution < 1.29 is 22.4 Å². The molecule has 4 nitrogen and oxygen atoms in total. The Morgan fingerprint density at radius 3 is 2.48 bits per heavy atom. The van der Waals surface area contributed by atoms with Crippen LogP contribution in [-0.2, 0) is 6.18 Å². The number of hydrogen-bond acceptors (Lipinski definition) is 2. The van der Waals surface area contributed by atoms with Gasteiger partial charge in [0.2, 0.25) is 0 Å². The van der Waals surface area contributed by atoms with Gasteiger partial charge in [-0.05, 0) is 18.2 Å². The normalized spacial score (nSPS) is 11.5. The smallest absolute Gasteiger partial charge is 0.345 e. The molecule has 0 unspecified atom stereocenters. The average molecular weight is 301 g/mol. The second-order valence-electron chi connectivity index (χ2n) is 4.50. The SMILES string of the molecule is CN(C)C(=O)c1cnn(-c2cccc(F)c2)c1C(F)(F)F. The van der Waals surface area contributed by atoms with Crippen molar-refractivity contribution in [2.75, 3.05) is 14.1 Å². The molecule has 0 aliphatic carbocycles. The van der Waals surface area contributed by atoms with Gasteiger partial charge in [0, 0.05) is 14.1 Å². The van der Waals surface area contributed by atoms with Crippen LogP contribution in [0.4, 0.5) is 17.6 Å². The lowest BCUT2D eigenvalue weighted by molar-refractivity contribution is -0.143. The number of aromatic nitrogens is 2. The molecule has 0 radical (unpaired) electrons. The summed E-state index contributed by atoms with van der Waals surface area (Å²) in [5, 5.41) is 3.58. The van der Waals surface area contributed by atoms with Crippen molar-refractivity contribution in [3.05, 3.63) is 47.5 Å². The molecule has 1 aromatic carbocycles. The highest BCUT2D eigenvalue weighted by molar-refractivity contribution is 5.95. The predicted octanol–water partition coefficient (Wildman–Crippen LogP) is 2.73. The average Bonchev–Trinajstić information content (AvgIpc) is 2.82. The minimum absolute atomic E-state index is 0.111. The quantitative estimate of drug-likeness (QED) is 0.800. The highest BCUT2D eigenvalue weighted by atomic mass is 19.4. The van der Waals surface area contributed by atoms with E-state index in [1.807, 2.05) is 0 Å². The third-order valence-corrected chi connectivity index (χ3v) is 2.73. The highest BCUT2D eigenvalue weighted by Gasteiger charge is 2.40. The molecular weight excluding hydrogens is 290 g/mol. The fourth-order valence-corrected chi connectivity index (χ4v) is 1.82. The summed E-state index contributed by atoms with van der Waals surface area (Å²) < 4.78 is 53.4. The van der Waals surface area contributed by atoms with Crippen molar-refractivity contribution in [2.45, 2.75) is 6.18 Å². The van der Waals surface area contributed by atoms with Gasteiger partial charge in [-0.15, -0.1) is 0 Å². The number of alkyl halides is 3. The summed E-state index contributed by atoms with van der Waals surface area (Å²) in [5.41, 5.74) is -1.93. The van der Waals surface area contributed by atoms with Crippen molar-refractivity contribution >= 4 is 5.91 Å².